The minimum atomic E-state index is -0.934. The van der Waals surface area contributed by atoms with E-state index < -0.39 is 17.6 Å². The maximum atomic E-state index is 13.5. The minimum absolute atomic E-state index is 0.465. The molecule has 2 aromatic rings. The zero-order valence-corrected chi connectivity index (χ0v) is 13.0. The van der Waals surface area contributed by atoms with Crippen LogP contribution < -0.4 is 4.74 Å². The van der Waals surface area contributed by atoms with Crippen molar-refractivity contribution in [3.8, 4) is 16.9 Å². The van der Waals surface area contributed by atoms with Gasteiger partial charge in [0.2, 0.25) is 0 Å². The summed E-state index contributed by atoms with van der Waals surface area (Å²) in [7, 11) is 2.79. The van der Waals surface area contributed by atoms with E-state index in [9.17, 15) is 13.6 Å². The maximum absolute atomic E-state index is 13.5. The number of carbonyl (C=O) groups excluding carboxylic acids is 1. The van der Waals surface area contributed by atoms with Crippen LogP contribution in [0.15, 0.2) is 42.5 Å². The lowest BCUT2D eigenvalue weighted by molar-refractivity contribution is -0.134. The first kappa shape index (κ1) is 16.7. The zero-order chi connectivity index (χ0) is 17.0. The van der Waals surface area contributed by atoms with Crippen molar-refractivity contribution < 1.29 is 23.0 Å². The van der Waals surface area contributed by atoms with E-state index in [1.54, 1.807) is 25.1 Å². The van der Waals surface area contributed by atoms with Gasteiger partial charge in [-0.25, -0.2) is 13.6 Å². The standard InChI is InChI=1S/C18H16F2O3/c1-11(8-18(21)23-3)12-5-7-17(22-2)14(9-12)13-4-6-15(19)16(20)10-13/h4-10H,1-3H3/b11-8+. The smallest absolute Gasteiger partial charge is 0.330 e. The fourth-order valence-corrected chi connectivity index (χ4v) is 2.16. The third-order valence-electron chi connectivity index (χ3n) is 3.42. The number of methoxy groups -OCH3 is 2. The number of benzene rings is 2. The van der Waals surface area contributed by atoms with Gasteiger partial charge in [0.25, 0.3) is 0 Å². The molecule has 0 spiro atoms. The molecule has 0 amide bonds. The molecule has 120 valence electrons. The lowest BCUT2D eigenvalue weighted by Crippen LogP contribution is -1.96. The van der Waals surface area contributed by atoms with E-state index >= 15 is 0 Å². The Labute approximate surface area is 133 Å². The number of halogens is 2. The molecule has 0 saturated heterocycles. The van der Waals surface area contributed by atoms with Crippen molar-refractivity contribution in [2.75, 3.05) is 14.2 Å². The Kier molecular flexibility index (Phi) is 5.11. The van der Waals surface area contributed by atoms with Crippen LogP contribution in [0.4, 0.5) is 8.78 Å². The lowest BCUT2D eigenvalue weighted by Gasteiger charge is -2.12. The topological polar surface area (TPSA) is 35.5 Å². The average molecular weight is 318 g/mol. The van der Waals surface area contributed by atoms with Crippen LogP contribution in [0.25, 0.3) is 16.7 Å². The molecule has 0 saturated carbocycles. The van der Waals surface area contributed by atoms with E-state index in [4.69, 9.17) is 4.74 Å². The Morgan fingerprint density at radius 3 is 2.39 bits per heavy atom. The highest BCUT2D eigenvalue weighted by molar-refractivity contribution is 5.91. The van der Waals surface area contributed by atoms with Crippen LogP contribution in [0.3, 0.4) is 0 Å². The van der Waals surface area contributed by atoms with Gasteiger partial charge >= 0.3 is 5.97 Å². The van der Waals surface area contributed by atoms with Crippen molar-refractivity contribution in [3.05, 3.63) is 59.7 Å². The van der Waals surface area contributed by atoms with Crippen molar-refractivity contribution in [3.63, 3.8) is 0 Å². The van der Waals surface area contributed by atoms with Crippen molar-refractivity contribution >= 4 is 11.5 Å². The van der Waals surface area contributed by atoms with Gasteiger partial charge in [-0.3, -0.25) is 0 Å². The molecule has 0 aromatic heterocycles. The number of carbonyl (C=O) groups is 1. The first-order valence-electron chi connectivity index (χ1n) is 6.86. The lowest BCUT2D eigenvalue weighted by atomic mass is 9.98. The average Bonchev–Trinajstić information content (AvgIpc) is 2.56. The highest BCUT2D eigenvalue weighted by Crippen LogP contribution is 2.33. The normalized spacial score (nSPS) is 11.3. The third kappa shape index (κ3) is 3.74. The summed E-state index contributed by atoms with van der Waals surface area (Å²) >= 11 is 0. The van der Waals surface area contributed by atoms with Crippen LogP contribution in [0, 0.1) is 11.6 Å². The van der Waals surface area contributed by atoms with Gasteiger partial charge in [0.15, 0.2) is 11.6 Å². The van der Waals surface area contributed by atoms with Gasteiger partial charge in [-0.1, -0.05) is 12.1 Å². The Morgan fingerprint density at radius 2 is 1.78 bits per heavy atom. The van der Waals surface area contributed by atoms with Crippen molar-refractivity contribution in [1.82, 2.24) is 0 Å². The molecule has 2 aromatic carbocycles. The van der Waals surface area contributed by atoms with Gasteiger partial charge in [-0.15, -0.1) is 0 Å². The first-order valence-corrected chi connectivity index (χ1v) is 6.86. The molecule has 0 heterocycles. The SMILES string of the molecule is COC(=O)/C=C(\C)c1ccc(OC)c(-c2ccc(F)c(F)c2)c1. The van der Waals surface area contributed by atoms with Gasteiger partial charge in [-0.2, -0.15) is 0 Å². The number of hydrogen-bond donors (Lipinski definition) is 0. The highest BCUT2D eigenvalue weighted by atomic mass is 19.2. The summed E-state index contributed by atoms with van der Waals surface area (Å²) in [6, 6.07) is 8.88. The minimum Gasteiger partial charge on any atom is -0.496 e. The van der Waals surface area contributed by atoms with Crippen molar-refractivity contribution in [1.29, 1.82) is 0 Å². The molecule has 0 bridgehead atoms. The molecule has 0 atom stereocenters. The second-order valence-corrected chi connectivity index (χ2v) is 4.89. The summed E-state index contributed by atoms with van der Waals surface area (Å²) in [5.41, 5.74) is 2.51. The number of hydrogen-bond acceptors (Lipinski definition) is 3. The zero-order valence-electron chi connectivity index (χ0n) is 13.0. The first-order chi connectivity index (χ1) is 11.0. The monoisotopic (exact) mass is 318 g/mol. The second-order valence-electron chi connectivity index (χ2n) is 4.89. The van der Waals surface area contributed by atoms with Crippen LogP contribution in [-0.2, 0) is 9.53 Å². The molecule has 0 aliphatic heterocycles. The third-order valence-corrected chi connectivity index (χ3v) is 3.42. The van der Waals surface area contributed by atoms with E-state index in [1.165, 1.54) is 26.4 Å². The van der Waals surface area contributed by atoms with Crippen LogP contribution in [-0.4, -0.2) is 20.2 Å². The van der Waals surface area contributed by atoms with E-state index in [0.717, 1.165) is 17.7 Å². The summed E-state index contributed by atoms with van der Waals surface area (Å²) in [6.45, 7) is 1.76. The van der Waals surface area contributed by atoms with Crippen LogP contribution >= 0.6 is 0 Å². The molecule has 0 unspecified atom stereocenters. The molecule has 23 heavy (non-hydrogen) atoms. The predicted octanol–water partition coefficient (Wildman–Crippen LogP) is 4.22. The largest absolute Gasteiger partial charge is 0.496 e. The van der Waals surface area contributed by atoms with Crippen LogP contribution in [0.5, 0.6) is 5.75 Å². The number of rotatable bonds is 4. The second kappa shape index (κ2) is 7.05. The van der Waals surface area contributed by atoms with E-state index in [1.807, 2.05) is 0 Å². The molecule has 0 N–H and O–H groups in total. The summed E-state index contributed by atoms with van der Waals surface area (Å²) in [6.07, 6.45) is 1.36. The van der Waals surface area contributed by atoms with Crippen LogP contribution in [0.1, 0.15) is 12.5 Å². The number of allylic oxidation sites excluding steroid dienone is 1. The summed E-state index contributed by atoms with van der Waals surface area (Å²) < 4.78 is 36.5. The Hall–Kier alpha value is -2.69. The highest BCUT2D eigenvalue weighted by Gasteiger charge is 2.11. The van der Waals surface area contributed by atoms with E-state index in [2.05, 4.69) is 4.74 Å². The fourth-order valence-electron chi connectivity index (χ4n) is 2.16. The summed E-state index contributed by atoms with van der Waals surface area (Å²) in [5, 5.41) is 0. The molecular formula is C18H16F2O3. The summed E-state index contributed by atoms with van der Waals surface area (Å²) in [4.78, 5) is 11.3. The van der Waals surface area contributed by atoms with Gasteiger partial charge in [0.05, 0.1) is 14.2 Å². The molecule has 5 heteroatoms. The van der Waals surface area contributed by atoms with Gasteiger partial charge in [0.1, 0.15) is 5.75 Å². The van der Waals surface area contributed by atoms with Gasteiger partial charge in [-0.05, 0) is 47.9 Å². The number of ether oxygens (including phenoxy) is 2. The van der Waals surface area contributed by atoms with Crippen molar-refractivity contribution in [2.24, 2.45) is 0 Å². The Balaban J connectivity index is 2.53. The predicted molar refractivity (Wildman–Crippen MR) is 84.0 cm³/mol. The molecular weight excluding hydrogens is 302 g/mol. The Morgan fingerprint density at radius 1 is 1.04 bits per heavy atom. The molecule has 3 nitrogen and oxygen atoms in total. The van der Waals surface area contributed by atoms with E-state index in [-0.39, 0.29) is 0 Å². The Bertz CT molecular complexity index is 767. The maximum Gasteiger partial charge on any atom is 0.330 e. The quantitative estimate of drug-likeness (QED) is 0.625. The molecule has 0 radical (unpaired) electrons. The number of esters is 1. The molecule has 2 rings (SSSR count). The van der Waals surface area contributed by atoms with Crippen molar-refractivity contribution in [2.45, 2.75) is 6.92 Å². The van der Waals surface area contributed by atoms with Gasteiger partial charge < -0.3 is 9.47 Å². The van der Waals surface area contributed by atoms with Gasteiger partial charge in [0, 0.05) is 11.6 Å². The molecule has 0 fully saturated rings. The van der Waals surface area contributed by atoms with E-state index in [0.29, 0.717) is 22.4 Å². The molecule has 0 aliphatic rings. The molecule has 0 aliphatic carbocycles. The fraction of sp³-hybridized carbons (Fsp3) is 0.167. The summed E-state index contributed by atoms with van der Waals surface area (Å²) in [5.74, 6) is -1.79. The van der Waals surface area contributed by atoms with Crippen LogP contribution in [0.2, 0.25) is 0 Å².